The number of imidazole rings is 2. The maximum absolute atomic E-state index is 12.6. The second-order valence-electron chi connectivity index (χ2n) is 13.4. The van der Waals surface area contributed by atoms with E-state index in [0.717, 1.165) is 33.3 Å². The Balaban J connectivity index is 0.000000179. The molecule has 0 saturated heterocycles. The molecule has 0 saturated carbocycles. The second-order valence-corrected chi connectivity index (χ2v) is 14.3. The Bertz CT molecular complexity index is 2940. The van der Waals surface area contributed by atoms with E-state index in [0.29, 0.717) is 60.8 Å². The molecule has 0 aliphatic carbocycles. The minimum atomic E-state index is -0.973. The number of anilines is 2. The minimum Gasteiger partial charge on any atom is -0.478 e. The lowest BCUT2D eigenvalue weighted by Crippen LogP contribution is -2.11. The molecule has 0 radical (unpaired) electrons. The number of carboxylic acids is 1. The number of aromatic nitrogens is 4. The first kappa shape index (κ1) is 39.9. The minimum absolute atomic E-state index is 0.224. The van der Waals surface area contributed by atoms with Gasteiger partial charge >= 0.3 is 11.9 Å². The van der Waals surface area contributed by atoms with E-state index in [1.54, 1.807) is 115 Å². The second kappa shape index (κ2) is 17.1. The van der Waals surface area contributed by atoms with Crippen LogP contribution >= 0.6 is 23.2 Å². The molecule has 8 aromatic rings. The highest BCUT2D eigenvalue weighted by atomic mass is 35.5. The maximum atomic E-state index is 12.6. The van der Waals surface area contributed by atoms with Crippen LogP contribution in [0.3, 0.4) is 0 Å². The van der Waals surface area contributed by atoms with Gasteiger partial charge in [0.15, 0.2) is 0 Å². The van der Waals surface area contributed by atoms with Gasteiger partial charge < -0.3 is 30.4 Å². The first-order valence-corrected chi connectivity index (χ1v) is 18.8. The van der Waals surface area contributed by atoms with Gasteiger partial charge in [-0.3, -0.25) is 9.59 Å². The average molecular weight is 826 g/mol. The van der Waals surface area contributed by atoms with E-state index in [9.17, 15) is 19.2 Å². The zero-order valence-electron chi connectivity index (χ0n) is 31.7. The summed E-state index contributed by atoms with van der Waals surface area (Å²) in [5, 5.41) is 15.9. The standard InChI is InChI=1S/C23H18ClN3O3.C22H16ClN3O3/c1-13-10-15(23(29)30-2)6-8-18(13)21-26-19-9-7-14(11-20(19)27-21)22(28)25-17-5-3-4-16(24)12-17;1-12-9-14(22(28)29)5-7-17(12)20-25-18-8-6-13(10-19(18)26-20)21(27)24-16-4-2-3-15(23)11-16/h3-12H,1-2H3,(H,25,28)(H,26,27);2-11H,1H3,(H,24,27)(H,25,26)(H,28,29). The third kappa shape index (κ3) is 9.15. The quantitative estimate of drug-likeness (QED) is 0.0939. The van der Waals surface area contributed by atoms with Crippen molar-refractivity contribution in [3.63, 3.8) is 0 Å². The molecule has 2 aromatic heterocycles. The molecule has 5 N–H and O–H groups in total. The van der Waals surface area contributed by atoms with Gasteiger partial charge in [-0.1, -0.05) is 47.5 Å². The Kier molecular flexibility index (Phi) is 11.6. The number of benzene rings is 6. The molecule has 294 valence electrons. The van der Waals surface area contributed by atoms with Crippen LogP contribution in [0.15, 0.2) is 121 Å². The van der Waals surface area contributed by atoms with Gasteiger partial charge in [0, 0.05) is 43.7 Å². The Morgan fingerprint density at radius 3 is 1.44 bits per heavy atom. The van der Waals surface area contributed by atoms with Crippen molar-refractivity contribution < 1.29 is 29.0 Å². The number of fused-ring (bicyclic) bond motifs is 2. The molecule has 12 nitrogen and oxygen atoms in total. The summed E-state index contributed by atoms with van der Waals surface area (Å²) in [4.78, 5) is 63.6. The SMILES string of the molecule is COC(=O)c1ccc(-c2nc3ccc(C(=O)Nc4cccc(Cl)c4)cc3[nH]2)c(C)c1.Cc1cc(C(=O)O)ccc1-c1nc2ccc(C(=O)Nc3cccc(Cl)c3)cc2[nH]1. The van der Waals surface area contributed by atoms with Crippen molar-refractivity contribution in [3.8, 4) is 22.8 Å². The van der Waals surface area contributed by atoms with Crippen LogP contribution in [0.5, 0.6) is 0 Å². The molecule has 2 amide bonds. The van der Waals surface area contributed by atoms with Crippen molar-refractivity contribution in [2.45, 2.75) is 13.8 Å². The van der Waals surface area contributed by atoms with Gasteiger partial charge in [0.05, 0.1) is 40.3 Å². The summed E-state index contributed by atoms with van der Waals surface area (Å²) in [5.74, 6) is -0.585. The number of carbonyl (C=O) groups excluding carboxylic acids is 3. The molecular formula is C45H34Cl2N6O6. The highest BCUT2D eigenvalue weighted by Gasteiger charge is 2.16. The van der Waals surface area contributed by atoms with Crippen molar-refractivity contribution >= 4 is 80.4 Å². The molecule has 0 fully saturated rings. The number of aromatic amines is 2. The highest BCUT2D eigenvalue weighted by molar-refractivity contribution is 6.31. The number of carboxylic acid groups (broad SMARTS) is 1. The average Bonchev–Trinajstić information content (AvgIpc) is 3.84. The molecule has 0 spiro atoms. The number of hydrogen-bond donors (Lipinski definition) is 5. The number of aryl methyl sites for hydroxylation is 2. The van der Waals surface area contributed by atoms with Gasteiger partial charge in [-0.2, -0.15) is 0 Å². The van der Waals surface area contributed by atoms with Crippen LogP contribution in [0.25, 0.3) is 44.8 Å². The number of nitrogens with one attached hydrogen (secondary N) is 4. The summed E-state index contributed by atoms with van der Waals surface area (Å²) in [6.07, 6.45) is 0. The Morgan fingerprint density at radius 1 is 0.576 bits per heavy atom. The van der Waals surface area contributed by atoms with Crippen molar-refractivity contribution in [3.05, 3.63) is 165 Å². The van der Waals surface area contributed by atoms with Crippen LogP contribution in [-0.2, 0) is 4.74 Å². The van der Waals surface area contributed by atoms with Gasteiger partial charge in [-0.25, -0.2) is 19.6 Å². The molecule has 14 heteroatoms. The molecule has 0 aliphatic heterocycles. The zero-order valence-corrected chi connectivity index (χ0v) is 33.2. The van der Waals surface area contributed by atoms with E-state index < -0.39 is 5.97 Å². The summed E-state index contributed by atoms with van der Waals surface area (Å²) in [6.45, 7) is 3.73. The summed E-state index contributed by atoms with van der Waals surface area (Å²) < 4.78 is 4.76. The molecule has 0 atom stereocenters. The molecule has 2 heterocycles. The van der Waals surface area contributed by atoms with Crippen molar-refractivity contribution in [2.75, 3.05) is 17.7 Å². The first-order chi connectivity index (χ1) is 28.3. The van der Waals surface area contributed by atoms with E-state index in [2.05, 4.69) is 30.6 Å². The number of ether oxygens (including phenoxy) is 1. The molecule has 0 bridgehead atoms. The Labute approximate surface area is 347 Å². The number of halogens is 2. The van der Waals surface area contributed by atoms with Gasteiger partial charge in [0.1, 0.15) is 11.6 Å². The monoisotopic (exact) mass is 824 g/mol. The first-order valence-electron chi connectivity index (χ1n) is 18.0. The predicted octanol–water partition coefficient (Wildman–Crippen LogP) is 10.4. The molecule has 8 rings (SSSR count). The molecular weight excluding hydrogens is 791 g/mol. The fraction of sp³-hybridized carbons (Fsp3) is 0.0667. The van der Waals surface area contributed by atoms with Crippen LogP contribution in [0, 0.1) is 13.8 Å². The lowest BCUT2D eigenvalue weighted by atomic mass is 10.0. The van der Waals surface area contributed by atoms with Crippen LogP contribution in [0.2, 0.25) is 10.0 Å². The smallest absolute Gasteiger partial charge is 0.337 e. The van der Waals surface area contributed by atoms with Crippen molar-refractivity contribution in [1.82, 2.24) is 19.9 Å². The van der Waals surface area contributed by atoms with Gasteiger partial charge in [0.2, 0.25) is 0 Å². The van der Waals surface area contributed by atoms with E-state index in [4.69, 9.17) is 33.0 Å². The zero-order chi connectivity index (χ0) is 41.8. The molecule has 6 aromatic carbocycles. The lowest BCUT2D eigenvalue weighted by molar-refractivity contribution is 0.0599. The van der Waals surface area contributed by atoms with Crippen LogP contribution in [-0.4, -0.2) is 55.9 Å². The van der Waals surface area contributed by atoms with E-state index >= 15 is 0 Å². The third-order valence-electron chi connectivity index (χ3n) is 9.28. The number of hydrogen-bond acceptors (Lipinski definition) is 7. The predicted molar refractivity (Wildman–Crippen MR) is 230 cm³/mol. The van der Waals surface area contributed by atoms with Crippen molar-refractivity contribution in [1.29, 1.82) is 0 Å². The molecule has 0 aliphatic rings. The van der Waals surface area contributed by atoms with Crippen LogP contribution in [0.4, 0.5) is 11.4 Å². The number of esters is 1. The summed E-state index contributed by atoms with van der Waals surface area (Å²) in [7, 11) is 1.35. The number of rotatable bonds is 8. The van der Waals surface area contributed by atoms with Gasteiger partial charge in [-0.05, 0) is 122 Å². The highest BCUT2D eigenvalue weighted by Crippen LogP contribution is 2.28. The summed E-state index contributed by atoms with van der Waals surface area (Å²) >= 11 is 11.9. The lowest BCUT2D eigenvalue weighted by Gasteiger charge is -2.05. The van der Waals surface area contributed by atoms with Gasteiger partial charge in [-0.15, -0.1) is 0 Å². The number of H-pyrrole nitrogens is 2. The third-order valence-corrected chi connectivity index (χ3v) is 9.75. The largest absolute Gasteiger partial charge is 0.478 e. The van der Waals surface area contributed by atoms with Crippen LogP contribution < -0.4 is 10.6 Å². The number of methoxy groups -OCH3 is 1. The molecule has 0 unspecified atom stereocenters. The number of aromatic carboxylic acids is 1. The Hall–Kier alpha value is -7.28. The fourth-order valence-electron chi connectivity index (χ4n) is 6.33. The van der Waals surface area contributed by atoms with E-state index in [-0.39, 0.29) is 23.3 Å². The fourth-order valence-corrected chi connectivity index (χ4v) is 6.71. The Morgan fingerprint density at radius 2 is 1.02 bits per heavy atom. The summed E-state index contributed by atoms with van der Waals surface area (Å²) in [6, 6.07) is 34.6. The number of nitrogens with zero attached hydrogens (tertiary/aromatic N) is 2. The normalized spacial score (nSPS) is 10.8. The number of carbonyl (C=O) groups is 4. The number of amides is 2. The van der Waals surface area contributed by atoms with E-state index in [1.165, 1.54) is 7.11 Å². The van der Waals surface area contributed by atoms with Crippen molar-refractivity contribution in [2.24, 2.45) is 0 Å². The van der Waals surface area contributed by atoms with E-state index in [1.807, 2.05) is 19.9 Å². The maximum Gasteiger partial charge on any atom is 0.337 e. The molecule has 59 heavy (non-hydrogen) atoms. The summed E-state index contributed by atoms with van der Waals surface area (Å²) in [5.41, 5.74) is 9.15. The van der Waals surface area contributed by atoms with Gasteiger partial charge in [0.25, 0.3) is 11.8 Å². The topological polar surface area (TPSA) is 179 Å². The van der Waals surface area contributed by atoms with Crippen LogP contribution in [0.1, 0.15) is 52.6 Å².